The first-order valence-electron chi connectivity index (χ1n) is 5.48. The number of rotatable bonds is 3. The van der Waals surface area contributed by atoms with Crippen LogP contribution in [0.4, 0.5) is 10.9 Å². The molecule has 7 heteroatoms. The minimum atomic E-state index is 0.580. The molecule has 0 amide bonds. The Balaban J connectivity index is 1.93. The highest BCUT2D eigenvalue weighted by Gasteiger charge is 2.07. The summed E-state index contributed by atoms with van der Waals surface area (Å²) in [4.78, 5) is 16.2. The number of nitrogens with zero attached hydrogens (tertiary/aromatic N) is 3. The number of nitrogens with one attached hydrogen (secondary N) is 2. The van der Waals surface area contributed by atoms with E-state index in [2.05, 4.69) is 25.3 Å². The first kappa shape index (κ1) is 11.0. The lowest BCUT2D eigenvalue weighted by atomic mass is 10.3. The van der Waals surface area contributed by atoms with E-state index >= 15 is 0 Å². The third kappa shape index (κ3) is 2.00. The van der Waals surface area contributed by atoms with Gasteiger partial charge in [-0.15, -0.1) is 11.3 Å². The van der Waals surface area contributed by atoms with Crippen molar-refractivity contribution in [2.24, 2.45) is 0 Å². The summed E-state index contributed by atoms with van der Waals surface area (Å²) in [5.41, 5.74) is 8.15. The topological polar surface area (TPSA) is 92.5 Å². The lowest BCUT2D eigenvalue weighted by molar-refractivity contribution is 1.000. The lowest BCUT2D eigenvalue weighted by Gasteiger charge is -1.95. The first-order valence-corrected chi connectivity index (χ1v) is 6.36. The Morgan fingerprint density at radius 2 is 2.22 bits per heavy atom. The molecule has 6 nitrogen and oxygen atoms in total. The number of hydrogen-bond donors (Lipinski definition) is 3. The Kier molecular flexibility index (Phi) is 2.60. The van der Waals surface area contributed by atoms with Crippen molar-refractivity contribution < 1.29 is 0 Å². The fourth-order valence-corrected chi connectivity index (χ4v) is 2.30. The molecule has 0 spiro atoms. The number of aromatic nitrogens is 4. The van der Waals surface area contributed by atoms with E-state index in [1.165, 1.54) is 11.3 Å². The van der Waals surface area contributed by atoms with Crippen molar-refractivity contribution in [2.75, 3.05) is 18.1 Å². The normalized spacial score (nSPS) is 10.9. The second-order valence-electron chi connectivity index (χ2n) is 3.86. The van der Waals surface area contributed by atoms with Crippen LogP contribution in [-0.2, 0) is 6.42 Å². The van der Waals surface area contributed by atoms with Crippen molar-refractivity contribution in [2.45, 2.75) is 6.42 Å². The fourth-order valence-electron chi connectivity index (χ4n) is 1.74. The minimum Gasteiger partial charge on any atom is -0.375 e. The highest BCUT2D eigenvalue weighted by atomic mass is 32.1. The number of anilines is 2. The Hall–Kier alpha value is -2.15. The van der Waals surface area contributed by atoms with E-state index in [0.29, 0.717) is 17.2 Å². The first-order chi connectivity index (χ1) is 8.74. The number of thiazole rings is 1. The molecular formula is C11H12N6S. The summed E-state index contributed by atoms with van der Waals surface area (Å²) in [6, 6.07) is 3.87. The largest absolute Gasteiger partial charge is 0.375 e. The summed E-state index contributed by atoms with van der Waals surface area (Å²) in [5, 5.41) is 5.51. The van der Waals surface area contributed by atoms with Gasteiger partial charge >= 0.3 is 0 Å². The van der Waals surface area contributed by atoms with Gasteiger partial charge in [-0.1, -0.05) is 0 Å². The summed E-state index contributed by atoms with van der Waals surface area (Å²) >= 11 is 1.44. The Morgan fingerprint density at radius 1 is 1.33 bits per heavy atom. The van der Waals surface area contributed by atoms with E-state index in [1.807, 2.05) is 24.6 Å². The van der Waals surface area contributed by atoms with Gasteiger partial charge in [-0.05, 0) is 12.1 Å². The van der Waals surface area contributed by atoms with E-state index < -0.39 is 0 Å². The zero-order valence-electron chi connectivity index (χ0n) is 9.77. The van der Waals surface area contributed by atoms with Gasteiger partial charge < -0.3 is 16.0 Å². The predicted octanol–water partition coefficient (Wildman–Crippen LogP) is 1.63. The molecule has 0 saturated heterocycles. The number of nitrogen functional groups attached to an aromatic ring is 1. The molecule has 0 atom stereocenters. The van der Waals surface area contributed by atoms with Gasteiger partial charge in [-0.3, -0.25) is 0 Å². The smallest absolute Gasteiger partial charge is 0.180 e. The van der Waals surface area contributed by atoms with E-state index in [0.717, 1.165) is 22.9 Å². The molecule has 0 fully saturated rings. The van der Waals surface area contributed by atoms with Gasteiger partial charge in [0.15, 0.2) is 10.8 Å². The highest BCUT2D eigenvalue weighted by molar-refractivity contribution is 7.13. The zero-order chi connectivity index (χ0) is 12.5. The van der Waals surface area contributed by atoms with Crippen LogP contribution in [0.5, 0.6) is 0 Å². The average molecular weight is 260 g/mol. The van der Waals surface area contributed by atoms with Crippen LogP contribution < -0.4 is 11.1 Å². The van der Waals surface area contributed by atoms with Crippen molar-refractivity contribution >= 4 is 33.5 Å². The van der Waals surface area contributed by atoms with Gasteiger partial charge in [0.25, 0.3) is 0 Å². The number of nitrogens with two attached hydrogens (primary N) is 1. The van der Waals surface area contributed by atoms with Gasteiger partial charge in [-0.2, -0.15) is 0 Å². The number of pyridine rings is 1. The van der Waals surface area contributed by atoms with Gasteiger partial charge in [0.1, 0.15) is 11.6 Å². The molecule has 0 radical (unpaired) electrons. The Morgan fingerprint density at radius 3 is 2.94 bits per heavy atom. The van der Waals surface area contributed by atoms with Crippen molar-refractivity contribution in [3.8, 4) is 0 Å². The lowest BCUT2D eigenvalue weighted by Crippen LogP contribution is -1.92. The molecule has 0 aliphatic heterocycles. The predicted molar refractivity (Wildman–Crippen MR) is 72.8 cm³/mol. The zero-order valence-corrected chi connectivity index (χ0v) is 10.6. The quantitative estimate of drug-likeness (QED) is 0.665. The minimum absolute atomic E-state index is 0.580. The van der Waals surface area contributed by atoms with E-state index in [9.17, 15) is 0 Å². The maximum absolute atomic E-state index is 5.60. The summed E-state index contributed by atoms with van der Waals surface area (Å²) in [6.45, 7) is 0. The molecule has 3 rings (SSSR count). The molecule has 3 aromatic heterocycles. The van der Waals surface area contributed by atoms with Gasteiger partial charge in [-0.25, -0.2) is 15.0 Å². The SMILES string of the molecule is CNc1ccc2[nH]c(Cc3csc(N)n3)nc2n1. The van der Waals surface area contributed by atoms with Crippen LogP contribution >= 0.6 is 11.3 Å². The number of aromatic amines is 1. The summed E-state index contributed by atoms with van der Waals surface area (Å²) in [5.74, 6) is 1.65. The van der Waals surface area contributed by atoms with Crippen molar-refractivity contribution in [3.63, 3.8) is 0 Å². The van der Waals surface area contributed by atoms with E-state index in [4.69, 9.17) is 5.73 Å². The third-order valence-electron chi connectivity index (χ3n) is 2.57. The van der Waals surface area contributed by atoms with Crippen LogP contribution in [-0.4, -0.2) is 27.0 Å². The van der Waals surface area contributed by atoms with Crippen LogP contribution in [0.1, 0.15) is 11.5 Å². The van der Waals surface area contributed by atoms with Crippen LogP contribution in [0, 0.1) is 0 Å². The number of fused-ring (bicyclic) bond motifs is 1. The summed E-state index contributed by atoms with van der Waals surface area (Å²) in [7, 11) is 1.83. The van der Waals surface area contributed by atoms with Gasteiger partial charge in [0.05, 0.1) is 11.2 Å². The van der Waals surface area contributed by atoms with E-state index in [1.54, 1.807) is 0 Å². The molecular weight excluding hydrogens is 248 g/mol. The number of imidazole rings is 1. The monoisotopic (exact) mass is 260 g/mol. The third-order valence-corrected chi connectivity index (χ3v) is 3.29. The average Bonchev–Trinajstić information content (AvgIpc) is 2.94. The molecule has 0 bridgehead atoms. The number of H-pyrrole nitrogens is 1. The molecule has 18 heavy (non-hydrogen) atoms. The van der Waals surface area contributed by atoms with Crippen molar-refractivity contribution in [1.82, 2.24) is 19.9 Å². The van der Waals surface area contributed by atoms with Gasteiger partial charge in [0, 0.05) is 18.8 Å². The maximum Gasteiger partial charge on any atom is 0.180 e. The molecule has 0 aliphatic carbocycles. The number of hydrogen-bond acceptors (Lipinski definition) is 6. The molecule has 4 N–H and O–H groups in total. The molecule has 3 aromatic rings. The van der Waals surface area contributed by atoms with Crippen LogP contribution in [0.25, 0.3) is 11.2 Å². The maximum atomic E-state index is 5.60. The second kappa shape index (κ2) is 4.26. The highest BCUT2D eigenvalue weighted by Crippen LogP contribution is 2.17. The fraction of sp³-hybridized carbons (Fsp3) is 0.182. The molecule has 0 unspecified atom stereocenters. The molecule has 3 heterocycles. The summed E-state index contributed by atoms with van der Waals surface area (Å²) < 4.78 is 0. The van der Waals surface area contributed by atoms with Crippen LogP contribution in [0.15, 0.2) is 17.5 Å². The van der Waals surface area contributed by atoms with Crippen LogP contribution in [0.2, 0.25) is 0 Å². The van der Waals surface area contributed by atoms with Gasteiger partial charge in [0.2, 0.25) is 0 Å². The van der Waals surface area contributed by atoms with Crippen molar-refractivity contribution in [3.05, 3.63) is 29.0 Å². The van der Waals surface area contributed by atoms with E-state index in [-0.39, 0.29) is 0 Å². The van der Waals surface area contributed by atoms with Crippen molar-refractivity contribution in [1.29, 1.82) is 0 Å². The standard InChI is InChI=1S/C11H12N6S/c1-13-8-3-2-7-10(16-8)17-9(15-7)4-6-5-18-11(12)14-6/h2-3,5H,4H2,1H3,(H2,12,14)(H2,13,15,16,17). The molecule has 0 aliphatic rings. The Labute approximate surface area is 107 Å². The molecule has 92 valence electrons. The molecule has 0 aromatic carbocycles. The van der Waals surface area contributed by atoms with Crippen LogP contribution in [0.3, 0.4) is 0 Å². The Bertz CT molecular complexity index is 686. The second-order valence-corrected chi connectivity index (χ2v) is 4.74. The molecule has 0 saturated carbocycles. The summed E-state index contributed by atoms with van der Waals surface area (Å²) in [6.07, 6.45) is 0.638.